The molecular formula is C22H28FN7. The molecule has 0 aliphatic carbocycles. The number of rotatable bonds is 11. The molecule has 0 bridgehead atoms. The van der Waals surface area contributed by atoms with Crippen molar-refractivity contribution in [1.82, 2.24) is 15.0 Å². The lowest BCUT2D eigenvalue weighted by Crippen LogP contribution is -2.14. The van der Waals surface area contributed by atoms with Gasteiger partial charge in [-0.05, 0) is 56.5 Å². The molecule has 158 valence electrons. The minimum absolute atomic E-state index is 0.328. The number of anilines is 4. The predicted octanol–water partition coefficient (Wildman–Crippen LogP) is 3.87. The summed E-state index contributed by atoms with van der Waals surface area (Å²) in [6, 6.07) is 14.6. The largest absolute Gasteiger partial charge is 0.354 e. The molecule has 3 rings (SSSR count). The van der Waals surface area contributed by atoms with E-state index in [1.807, 2.05) is 0 Å². The summed E-state index contributed by atoms with van der Waals surface area (Å²) in [5.74, 6) is 0.927. The molecule has 2 aromatic carbocycles. The van der Waals surface area contributed by atoms with Gasteiger partial charge in [-0.1, -0.05) is 35.9 Å². The van der Waals surface area contributed by atoms with Gasteiger partial charge in [0.1, 0.15) is 5.82 Å². The SMILES string of the molecule is Cc1ccc(CCNc2nc(NCCCCN)nc(Nc3cccc(F)c3)n2)cc1. The van der Waals surface area contributed by atoms with Crippen LogP contribution in [-0.2, 0) is 6.42 Å². The zero-order chi connectivity index (χ0) is 21.2. The number of aryl methyl sites for hydroxylation is 1. The number of nitrogens with two attached hydrogens (primary N) is 1. The van der Waals surface area contributed by atoms with Gasteiger partial charge in [0.2, 0.25) is 17.8 Å². The van der Waals surface area contributed by atoms with Crippen molar-refractivity contribution >= 4 is 23.5 Å². The van der Waals surface area contributed by atoms with Crippen molar-refractivity contribution in [2.24, 2.45) is 5.73 Å². The average Bonchev–Trinajstić information content (AvgIpc) is 2.73. The van der Waals surface area contributed by atoms with E-state index in [4.69, 9.17) is 5.73 Å². The lowest BCUT2D eigenvalue weighted by molar-refractivity contribution is 0.628. The van der Waals surface area contributed by atoms with Crippen molar-refractivity contribution in [3.05, 3.63) is 65.5 Å². The van der Waals surface area contributed by atoms with Gasteiger partial charge in [0, 0.05) is 18.8 Å². The Kier molecular flexibility index (Phi) is 7.91. The van der Waals surface area contributed by atoms with Crippen LogP contribution in [0.3, 0.4) is 0 Å². The Balaban J connectivity index is 1.68. The fourth-order valence-corrected chi connectivity index (χ4v) is 2.83. The Hall–Kier alpha value is -3.26. The molecule has 0 unspecified atom stereocenters. The minimum Gasteiger partial charge on any atom is -0.354 e. The van der Waals surface area contributed by atoms with Gasteiger partial charge in [-0.3, -0.25) is 0 Å². The first-order chi connectivity index (χ1) is 14.6. The highest BCUT2D eigenvalue weighted by Gasteiger charge is 2.07. The Bertz CT molecular complexity index is 931. The third-order valence-corrected chi connectivity index (χ3v) is 4.45. The number of unbranched alkanes of at least 4 members (excludes halogenated alkanes) is 1. The van der Waals surface area contributed by atoms with E-state index >= 15 is 0 Å². The molecule has 0 amide bonds. The third-order valence-electron chi connectivity index (χ3n) is 4.45. The topological polar surface area (TPSA) is 101 Å². The maximum Gasteiger partial charge on any atom is 0.233 e. The van der Waals surface area contributed by atoms with E-state index in [9.17, 15) is 4.39 Å². The lowest BCUT2D eigenvalue weighted by atomic mass is 10.1. The number of hydrogen-bond acceptors (Lipinski definition) is 7. The number of nitrogens with one attached hydrogen (secondary N) is 3. The smallest absolute Gasteiger partial charge is 0.233 e. The highest BCUT2D eigenvalue weighted by molar-refractivity contribution is 5.55. The predicted molar refractivity (Wildman–Crippen MR) is 120 cm³/mol. The summed E-state index contributed by atoms with van der Waals surface area (Å²) < 4.78 is 13.5. The molecule has 8 heteroatoms. The second-order valence-electron chi connectivity index (χ2n) is 7.03. The molecule has 0 saturated heterocycles. The van der Waals surface area contributed by atoms with Crippen molar-refractivity contribution in [3.8, 4) is 0 Å². The second-order valence-corrected chi connectivity index (χ2v) is 7.03. The van der Waals surface area contributed by atoms with Crippen LogP contribution in [0, 0.1) is 12.7 Å². The molecule has 30 heavy (non-hydrogen) atoms. The molecular weight excluding hydrogens is 381 g/mol. The zero-order valence-electron chi connectivity index (χ0n) is 17.2. The molecule has 0 atom stereocenters. The van der Waals surface area contributed by atoms with Gasteiger partial charge < -0.3 is 21.7 Å². The fraction of sp³-hybridized carbons (Fsp3) is 0.318. The first kappa shape index (κ1) is 21.4. The quantitative estimate of drug-likeness (QED) is 0.357. The minimum atomic E-state index is -0.328. The van der Waals surface area contributed by atoms with Gasteiger partial charge >= 0.3 is 0 Å². The van der Waals surface area contributed by atoms with Gasteiger partial charge in [0.25, 0.3) is 0 Å². The Morgan fingerprint density at radius 1 is 0.867 bits per heavy atom. The van der Waals surface area contributed by atoms with Crippen molar-refractivity contribution in [2.45, 2.75) is 26.2 Å². The molecule has 0 fully saturated rings. The van der Waals surface area contributed by atoms with Crippen LogP contribution in [0.15, 0.2) is 48.5 Å². The van der Waals surface area contributed by atoms with Crippen LogP contribution < -0.4 is 21.7 Å². The van der Waals surface area contributed by atoms with Crippen molar-refractivity contribution in [1.29, 1.82) is 0 Å². The van der Waals surface area contributed by atoms with Crippen molar-refractivity contribution < 1.29 is 4.39 Å². The average molecular weight is 410 g/mol. The van der Waals surface area contributed by atoms with E-state index < -0.39 is 0 Å². The normalized spacial score (nSPS) is 10.6. The van der Waals surface area contributed by atoms with Crippen LogP contribution in [0.2, 0.25) is 0 Å². The van der Waals surface area contributed by atoms with E-state index in [2.05, 4.69) is 62.1 Å². The highest BCUT2D eigenvalue weighted by atomic mass is 19.1. The maximum atomic E-state index is 13.5. The van der Waals surface area contributed by atoms with Gasteiger partial charge in [-0.2, -0.15) is 15.0 Å². The van der Waals surface area contributed by atoms with Crippen LogP contribution in [0.5, 0.6) is 0 Å². The summed E-state index contributed by atoms with van der Waals surface area (Å²) in [5, 5.41) is 9.49. The highest BCUT2D eigenvalue weighted by Crippen LogP contribution is 2.17. The maximum absolute atomic E-state index is 13.5. The number of hydrogen-bond donors (Lipinski definition) is 4. The third kappa shape index (κ3) is 6.97. The van der Waals surface area contributed by atoms with Gasteiger partial charge in [-0.25, -0.2) is 4.39 Å². The molecule has 0 aliphatic heterocycles. The molecule has 7 nitrogen and oxygen atoms in total. The molecule has 0 saturated carbocycles. The van der Waals surface area contributed by atoms with Crippen molar-refractivity contribution in [2.75, 3.05) is 35.6 Å². The first-order valence-corrected chi connectivity index (χ1v) is 10.1. The number of nitrogens with zero attached hydrogens (tertiary/aromatic N) is 3. The Morgan fingerprint density at radius 2 is 1.57 bits per heavy atom. The first-order valence-electron chi connectivity index (χ1n) is 10.1. The zero-order valence-corrected chi connectivity index (χ0v) is 17.2. The summed E-state index contributed by atoms with van der Waals surface area (Å²) in [6.45, 7) is 4.11. The van der Waals surface area contributed by atoms with Gasteiger partial charge in [0.15, 0.2) is 0 Å². The molecule has 0 radical (unpaired) electrons. The monoisotopic (exact) mass is 409 g/mol. The van der Waals surface area contributed by atoms with Gasteiger partial charge in [0.05, 0.1) is 0 Å². The number of aromatic nitrogens is 3. The molecule has 5 N–H and O–H groups in total. The fourth-order valence-electron chi connectivity index (χ4n) is 2.83. The van der Waals surface area contributed by atoms with E-state index in [0.29, 0.717) is 43.2 Å². The molecule has 1 aromatic heterocycles. The van der Waals surface area contributed by atoms with Crippen LogP contribution >= 0.6 is 0 Å². The van der Waals surface area contributed by atoms with Gasteiger partial charge in [-0.15, -0.1) is 0 Å². The lowest BCUT2D eigenvalue weighted by Gasteiger charge is -2.11. The van der Waals surface area contributed by atoms with Crippen LogP contribution in [0.1, 0.15) is 24.0 Å². The molecule has 3 aromatic rings. The van der Waals surface area contributed by atoms with Crippen LogP contribution in [0.4, 0.5) is 27.9 Å². The van der Waals surface area contributed by atoms with E-state index in [0.717, 1.165) is 19.3 Å². The molecule has 0 aliphatic rings. The molecule has 0 spiro atoms. The second kappa shape index (κ2) is 11.1. The van der Waals surface area contributed by atoms with Crippen LogP contribution in [0.25, 0.3) is 0 Å². The number of benzene rings is 2. The van der Waals surface area contributed by atoms with E-state index in [1.54, 1.807) is 12.1 Å². The summed E-state index contributed by atoms with van der Waals surface area (Å²) in [6.07, 6.45) is 2.69. The number of halogens is 1. The molecule has 1 heterocycles. The Morgan fingerprint density at radius 3 is 2.27 bits per heavy atom. The standard InChI is InChI=1S/C22H28FN7/c1-16-7-9-17(10-8-16)11-14-26-21-28-20(25-13-3-2-12-24)29-22(30-21)27-19-6-4-5-18(23)15-19/h4-10,15H,2-3,11-14,24H2,1H3,(H3,25,26,27,28,29,30). The summed E-state index contributed by atoms with van der Waals surface area (Å²) in [5.41, 5.74) is 8.59. The summed E-state index contributed by atoms with van der Waals surface area (Å²) in [7, 11) is 0. The van der Waals surface area contributed by atoms with E-state index in [-0.39, 0.29) is 5.82 Å². The van der Waals surface area contributed by atoms with Crippen molar-refractivity contribution in [3.63, 3.8) is 0 Å². The summed E-state index contributed by atoms with van der Waals surface area (Å²) in [4.78, 5) is 13.3. The Labute approximate surface area is 176 Å². The van der Waals surface area contributed by atoms with Crippen LogP contribution in [-0.4, -0.2) is 34.6 Å². The van der Waals surface area contributed by atoms with E-state index in [1.165, 1.54) is 23.3 Å². The summed E-state index contributed by atoms with van der Waals surface area (Å²) >= 11 is 0.